The van der Waals surface area contributed by atoms with E-state index in [4.69, 9.17) is 5.26 Å². The first-order valence-corrected chi connectivity index (χ1v) is 4.13. The molecule has 6 heteroatoms. The molecule has 0 aliphatic rings. The maximum Gasteiger partial charge on any atom is 0.459 e. The van der Waals surface area contributed by atoms with Crippen LogP contribution in [0.2, 0.25) is 0 Å². The Labute approximate surface area is 65.9 Å². The van der Waals surface area contributed by atoms with Crippen molar-refractivity contribution in [3.63, 3.8) is 0 Å². The van der Waals surface area contributed by atoms with Crippen molar-refractivity contribution in [1.29, 1.82) is 5.26 Å². The first-order chi connectivity index (χ1) is 4.77. The SMILES string of the molecule is CC(C)(C)OS(=O)(=O)OC#N. The van der Waals surface area contributed by atoms with Gasteiger partial charge in [-0.25, -0.2) is 4.18 Å². The van der Waals surface area contributed by atoms with E-state index in [0.717, 1.165) is 6.26 Å². The molecule has 0 bridgehead atoms. The first kappa shape index (κ1) is 10.2. The van der Waals surface area contributed by atoms with Crippen molar-refractivity contribution in [2.75, 3.05) is 0 Å². The molecule has 0 atom stereocenters. The number of rotatable bonds is 2. The summed E-state index contributed by atoms with van der Waals surface area (Å²) in [4.78, 5) is 0. The molecule has 0 N–H and O–H groups in total. The van der Waals surface area contributed by atoms with E-state index in [1.807, 2.05) is 0 Å². The summed E-state index contributed by atoms with van der Waals surface area (Å²) < 4.78 is 29.2. The highest BCUT2D eigenvalue weighted by atomic mass is 32.3. The second-order valence-corrected chi connectivity index (χ2v) is 3.93. The van der Waals surface area contributed by atoms with E-state index in [2.05, 4.69) is 8.37 Å². The van der Waals surface area contributed by atoms with Crippen LogP contribution < -0.4 is 0 Å². The normalized spacial score (nSPS) is 12.2. The minimum Gasteiger partial charge on any atom is -0.281 e. The summed E-state index contributed by atoms with van der Waals surface area (Å²) in [6.07, 6.45) is 1.02. The van der Waals surface area contributed by atoms with Crippen LogP contribution in [0.25, 0.3) is 0 Å². The molecule has 0 rings (SSSR count). The molecular formula is C5H9NO4S. The van der Waals surface area contributed by atoms with Gasteiger partial charge in [0.1, 0.15) is 0 Å². The minimum absolute atomic E-state index is 0.879. The van der Waals surface area contributed by atoms with Gasteiger partial charge in [-0.1, -0.05) is 0 Å². The van der Waals surface area contributed by atoms with E-state index >= 15 is 0 Å². The molecule has 0 saturated carbocycles. The van der Waals surface area contributed by atoms with Crippen LogP contribution in [0.15, 0.2) is 0 Å². The zero-order valence-corrected chi connectivity index (χ0v) is 7.30. The molecule has 0 aliphatic heterocycles. The van der Waals surface area contributed by atoms with Crippen molar-refractivity contribution in [3.8, 4) is 6.26 Å². The fourth-order valence-electron chi connectivity index (χ4n) is 0.369. The van der Waals surface area contributed by atoms with Gasteiger partial charge < -0.3 is 0 Å². The van der Waals surface area contributed by atoms with E-state index in [-0.39, 0.29) is 0 Å². The van der Waals surface area contributed by atoms with Crippen LogP contribution in [0.1, 0.15) is 20.8 Å². The predicted octanol–water partition coefficient (Wildman–Crippen LogP) is 0.544. The Balaban J connectivity index is 4.30. The summed E-state index contributed by atoms with van der Waals surface area (Å²) in [6, 6.07) is 0. The highest BCUT2D eigenvalue weighted by Crippen LogP contribution is 2.11. The minimum atomic E-state index is -4.15. The second-order valence-electron chi connectivity index (χ2n) is 2.78. The molecule has 0 aliphatic carbocycles. The average molecular weight is 179 g/mol. The molecule has 0 fully saturated rings. The molecule has 11 heavy (non-hydrogen) atoms. The van der Waals surface area contributed by atoms with Crippen LogP contribution in [0.4, 0.5) is 0 Å². The van der Waals surface area contributed by atoms with E-state index in [0.29, 0.717) is 0 Å². The second kappa shape index (κ2) is 3.07. The summed E-state index contributed by atoms with van der Waals surface area (Å²) in [6.45, 7) is 4.60. The molecule has 0 radical (unpaired) electrons. The first-order valence-electron chi connectivity index (χ1n) is 2.80. The molecule has 5 nitrogen and oxygen atoms in total. The van der Waals surface area contributed by atoms with Gasteiger partial charge in [0.05, 0.1) is 5.60 Å². The number of hydrogen-bond acceptors (Lipinski definition) is 5. The molecule has 0 spiro atoms. The maximum absolute atomic E-state index is 10.6. The molecule has 0 heterocycles. The van der Waals surface area contributed by atoms with Gasteiger partial charge in [0.25, 0.3) is 0 Å². The monoisotopic (exact) mass is 179 g/mol. The molecule has 0 aromatic rings. The number of hydrogen-bond donors (Lipinski definition) is 0. The summed E-state index contributed by atoms with van der Waals surface area (Å²) in [5, 5.41) is 7.87. The van der Waals surface area contributed by atoms with Crippen molar-refractivity contribution in [2.24, 2.45) is 0 Å². The Bertz CT molecular complexity index is 255. The van der Waals surface area contributed by atoms with Crippen LogP contribution in [-0.2, 0) is 18.8 Å². The Kier molecular flexibility index (Phi) is 2.84. The Hall–Kier alpha value is -0.800. The number of nitriles is 1. The molecule has 0 amide bonds. The number of nitrogens with zero attached hydrogens (tertiary/aromatic N) is 1. The van der Waals surface area contributed by atoms with E-state index < -0.39 is 16.0 Å². The van der Waals surface area contributed by atoms with Gasteiger partial charge in [-0.3, -0.25) is 4.18 Å². The largest absolute Gasteiger partial charge is 0.459 e. The molecule has 0 aromatic carbocycles. The van der Waals surface area contributed by atoms with Crippen molar-refractivity contribution in [2.45, 2.75) is 26.4 Å². The van der Waals surface area contributed by atoms with Crippen molar-refractivity contribution < 1.29 is 16.8 Å². The lowest BCUT2D eigenvalue weighted by Gasteiger charge is -2.15. The van der Waals surface area contributed by atoms with Crippen LogP contribution in [-0.4, -0.2) is 14.0 Å². The van der Waals surface area contributed by atoms with Gasteiger partial charge in [-0.05, 0) is 20.8 Å². The zero-order chi connectivity index (χ0) is 9.12. The predicted molar refractivity (Wildman–Crippen MR) is 36.5 cm³/mol. The topological polar surface area (TPSA) is 76.4 Å². The molecule has 0 saturated heterocycles. The molecule has 0 aromatic heterocycles. The van der Waals surface area contributed by atoms with E-state index in [1.165, 1.54) is 20.8 Å². The summed E-state index contributed by atoms with van der Waals surface area (Å²) in [7, 11) is -4.15. The lowest BCUT2D eigenvalue weighted by molar-refractivity contribution is 0.118. The van der Waals surface area contributed by atoms with Crippen molar-refractivity contribution >= 4 is 10.4 Å². The Morgan fingerprint density at radius 3 is 2.09 bits per heavy atom. The Morgan fingerprint density at radius 2 is 1.82 bits per heavy atom. The van der Waals surface area contributed by atoms with Gasteiger partial charge in [0, 0.05) is 0 Å². The average Bonchev–Trinajstić information content (AvgIpc) is 1.55. The third-order valence-electron chi connectivity index (χ3n) is 0.491. The fraction of sp³-hybridized carbons (Fsp3) is 0.800. The molecule has 0 unspecified atom stereocenters. The van der Waals surface area contributed by atoms with Gasteiger partial charge >= 0.3 is 16.7 Å². The van der Waals surface area contributed by atoms with Crippen molar-refractivity contribution in [3.05, 3.63) is 0 Å². The lowest BCUT2D eigenvalue weighted by Crippen LogP contribution is -2.24. The lowest BCUT2D eigenvalue weighted by atomic mass is 10.2. The van der Waals surface area contributed by atoms with Gasteiger partial charge in [-0.15, -0.1) is 5.26 Å². The van der Waals surface area contributed by atoms with Crippen LogP contribution in [0.5, 0.6) is 0 Å². The van der Waals surface area contributed by atoms with Crippen LogP contribution in [0.3, 0.4) is 0 Å². The fourth-order valence-corrected chi connectivity index (χ4v) is 1.11. The zero-order valence-electron chi connectivity index (χ0n) is 6.49. The summed E-state index contributed by atoms with van der Waals surface area (Å²) in [5.74, 6) is 0. The highest BCUT2D eigenvalue weighted by molar-refractivity contribution is 7.82. The van der Waals surface area contributed by atoms with Gasteiger partial charge in [0.2, 0.25) is 0 Å². The third-order valence-corrected chi connectivity index (χ3v) is 1.47. The highest BCUT2D eigenvalue weighted by Gasteiger charge is 2.23. The standard InChI is InChI=1S/C5H9NO4S/c1-5(2,3)10-11(7,8)9-4-6/h1-3H3. The van der Waals surface area contributed by atoms with E-state index in [9.17, 15) is 8.42 Å². The van der Waals surface area contributed by atoms with Crippen molar-refractivity contribution in [1.82, 2.24) is 0 Å². The Morgan fingerprint density at radius 1 is 1.36 bits per heavy atom. The molecule has 64 valence electrons. The quantitative estimate of drug-likeness (QED) is 0.578. The maximum atomic E-state index is 10.6. The van der Waals surface area contributed by atoms with E-state index in [1.54, 1.807) is 0 Å². The van der Waals surface area contributed by atoms with Crippen LogP contribution >= 0.6 is 0 Å². The smallest absolute Gasteiger partial charge is 0.281 e. The van der Waals surface area contributed by atoms with Crippen LogP contribution in [0, 0.1) is 11.5 Å². The van der Waals surface area contributed by atoms with Gasteiger partial charge in [0.15, 0.2) is 0 Å². The van der Waals surface area contributed by atoms with Gasteiger partial charge in [-0.2, -0.15) is 8.42 Å². The third kappa shape index (κ3) is 5.63. The molecular weight excluding hydrogens is 170 g/mol. The summed E-state index contributed by atoms with van der Waals surface area (Å²) >= 11 is 0. The summed E-state index contributed by atoms with van der Waals surface area (Å²) in [5.41, 5.74) is -0.879.